The second-order valence-electron chi connectivity index (χ2n) is 8.05. The molecule has 1 aromatic carbocycles. The summed E-state index contributed by atoms with van der Waals surface area (Å²) in [5.74, 6) is 0.820. The van der Waals surface area contributed by atoms with Crippen LogP contribution in [0.5, 0.6) is 0 Å². The van der Waals surface area contributed by atoms with Gasteiger partial charge >= 0.3 is 0 Å². The van der Waals surface area contributed by atoms with E-state index in [1.807, 2.05) is 6.92 Å². The van der Waals surface area contributed by atoms with Crippen molar-refractivity contribution in [2.45, 2.75) is 45.4 Å². The van der Waals surface area contributed by atoms with E-state index in [1.165, 1.54) is 11.1 Å². The molecule has 1 fully saturated rings. The van der Waals surface area contributed by atoms with Crippen molar-refractivity contribution in [3.8, 4) is 0 Å². The van der Waals surface area contributed by atoms with Crippen LogP contribution in [0.3, 0.4) is 0 Å². The Hall–Kier alpha value is -2.31. The van der Waals surface area contributed by atoms with E-state index in [1.54, 1.807) is 0 Å². The van der Waals surface area contributed by atoms with Crippen LogP contribution in [0.1, 0.15) is 54.0 Å². The van der Waals surface area contributed by atoms with Crippen LogP contribution in [0.15, 0.2) is 29.3 Å². The third-order valence-electron chi connectivity index (χ3n) is 6.63. The minimum Gasteiger partial charge on any atom is -0.390 e. The molecule has 3 heterocycles. The summed E-state index contributed by atoms with van der Waals surface area (Å²) in [6.45, 7) is 4.22. The fourth-order valence-corrected chi connectivity index (χ4v) is 4.99. The van der Waals surface area contributed by atoms with Gasteiger partial charge in [0.15, 0.2) is 5.82 Å². The number of aliphatic imine (C=N–C) groups is 1. The summed E-state index contributed by atoms with van der Waals surface area (Å²) >= 11 is 0. The molecule has 140 valence electrons. The van der Waals surface area contributed by atoms with Gasteiger partial charge in [0, 0.05) is 19.1 Å². The van der Waals surface area contributed by atoms with Gasteiger partial charge in [-0.3, -0.25) is 4.99 Å². The highest BCUT2D eigenvalue weighted by Gasteiger charge is 2.46. The third-order valence-corrected chi connectivity index (χ3v) is 6.63. The van der Waals surface area contributed by atoms with Crippen molar-refractivity contribution < 1.29 is 5.11 Å². The second kappa shape index (κ2) is 6.11. The zero-order valence-corrected chi connectivity index (χ0v) is 15.6. The smallest absolute Gasteiger partial charge is 0.153 e. The zero-order chi connectivity index (χ0) is 18.6. The Balaban J connectivity index is 1.39. The van der Waals surface area contributed by atoms with Crippen molar-refractivity contribution in [3.63, 3.8) is 0 Å². The molecule has 2 aliphatic heterocycles. The standard InChI is InChI=1S/C21H25N5O/c1-13-18-16(11-23-13)25-20(17(12-27)24-18)26-8-6-21(7-9-26)10-14-4-2-3-5-15(14)19(21)22/h2-5,19,27H,6-12,22H2,1H3/t19-/m1/s1. The molecule has 2 aromatic rings. The molecular weight excluding hydrogens is 338 g/mol. The average Bonchev–Trinajstić information content (AvgIpc) is 3.19. The predicted molar refractivity (Wildman–Crippen MR) is 105 cm³/mol. The van der Waals surface area contributed by atoms with Crippen LogP contribution >= 0.6 is 0 Å². The van der Waals surface area contributed by atoms with Gasteiger partial charge in [0.2, 0.25) is 0 Å². The Kier molecular flexibility index (Phi) is 3.81. The summed E-state index contributed by atoms with van der Waals surface area (Å²) in [7, 11) is 0. The van der Waals surface area contributed by atoms with E-state index in [2.05, 4.69) is 39.1 Å². The molecule has 1 aliphatic carbocycles. The lowest BCUT2D eigenvalue weighted by atomic mass is 9.73. The SMILES string of the molecule is CC1=NCc2nc(N3CCC4(CC3)Cc3ccccc3[C@H]4N)c(CO)nc21. The van der Waals surface area contributed by atoms with E-state index in [0.29, 0.717) is 12.2 Å². The number of aliphatic hydroxyl groups is 1. The third kappa shape index (κ3) is 2.51. The van der Waals surface area contributed by atoms with Crippen molar-refractivity contribution in [2.75, 3.05) is 18.0 Å². The van der Waals surface area contributed by atoms with Crippen LogP contribution in [0, 0.1) is 5.41 Å². The number of nitrogens with zero attached hydrogens (tertiary/aromatic N) is 4. The Bertz CT molecular complexity index is 930. The van der Waals surface area contributed by atoms with Crippen LogP contribution in [-0.4, -0.2) is 33.9 Å². The number of hydrogen-bond donors (Lipinski definition) is 2. The van der Waals surface area contributed by atoms with Gasteiger partial charge in [-0.05, 0) is 42.7 Å². The first-order valence-electron chi connectivity index (χ1n) is 9.72. The number of rotatable bonds is 2. The lowest BCUT2D eigenvalue weighted by Gasteiger charge is -2.43. The molecule has 1 atom stereocenters. The van der Waals surface area contributed by atoms with Crippen molar-refractivity contribution in [2.24, 2.45) is 16.1 Å². The van der Waals surface area contributed by atoms with E-state index >= 15 is 0 Å². The fourth-order valence-electron chi connectivity index (χ4n) is 4.99. The highest BCUT2D eigenvalue weighted by atomic mass is 16.3. The summed E-state index contributed by atoms with van der Waals surface area (Å²) in [6.07, 6.45) is 3.12. The van der Waals surface area contributed by atoms with E-state index in [0.717, 1.165) is 55.3 Å². The molecule has 0 bridgehead atoms. The Labute approximate surface area is 159 Å². The molecule has 6 nitrogen and oxygen atoms in total. The molecule has 1 spiro atoms. The van der Waals surface area contributed by atoms with Gasteiger partial charge in [-0.15, -0.1) is 0 Å². The summed E-state index contributed by atoms with van der Waals surface area (Å²) in [6, 6.07) is 8.70. The maximum absolute atomic E-state index is 9.84. The Morgan fingerprint density at radius 1 is 1.22 bits per heavy atom. The number of fused-ring (bicyclic) bond motifs is 2. The monoisotopic (exact) mass is 363 g/mol. The van der Waals surface area contributed by atoms with Crippen molar-refractivity contribution >= 4 is 11.5 Å². The number of aliphatic hydroxyl groups excluding tert-OH is 1. The Morgan fingerprint density at radius 3 is 2.74 bits per heavy atom. The van der Waals surface area contributed by atoms with Crippen molar-refractivity contribution in [3.05, 3.63) is 52.5 Å². The Morgan fingerprint density at radius 2 is 2.00 bits per heavy atom. The summed E-state index contributed by atoms with van der Waals surface area (Å²) in [5, 5.41) is 9.84. The highest BCUT2D eigenvalue weighted by molar-refractivity contribution is 5.99. The molecule has 0 saturated carbocycles. The number of piperidine rings is 1. The van der Waals surface area contributed by atoms with Crippen LogP contribution in [0.4, 0.5) is 5.82 Å². The van der Waals surface area contributed by atoms with E-state index in [9.17, 15) is 5.11 Å². The summed E-state index contributed by atoms with van der Waals surface area (Å²) in [4.78, 5) is 16.2. The first kappa shape index (κ1) is 16.8. The van der Waals surface area contributed by atoms with Crippen LogP contribution < -0.4 is 10.6 Å². The minimum absolute atomic E-state index is 0.102. The molecule has 0 unspecified atom stereocenters. The maximum atomic E-state index is 9.84. The molecule has 6 heteroatoms. The molecule has 5 rings (SSSR count). The molecule has 1 aromatic heterocycles. The number of nitrogens with two attached hydrogens (primary N) is 1. The number of benzene rings is 1. The van der Waals surface area contributed by atoms with Gasteiger partial charge in [-0.2, -0.15) is 0 Å². The summed E-state index contributed by atoms with van der Waals surface area (Å²) in [5.41, 5.74) is 12.9. The van der Waals surface area contributed by atoms with Gasteiger partial charge in [0.1, 0.15) is 11.4 Å². The molecule has 0 radical (unpaired) electrons. The van der Waals surface area contributed by atoms with Gasteiger partial charge in [0.05, 0.1) is 24.6 Å². The van der Waals surface area contributed by atoms with E-state index < -0.39 is 0 Å². The van der Waals surface area contributed by atoms with Gasteiger partial charge in [-0.1, -0.05) is 24.3 Å². The van der Waals surface area contributed by atoms with Gasteiger partial charge in [0.25, 0.3) is 0 Å². The largest absolute Gasteiger partial charge is 0.390 e. The molecule has 3 N–H and O–H groups in total. The molecule has 0 amide bonds. The lowest BCUT2D eigenvalue weighted by molar-refractivity contribution is 0.186. The lowest BCUT2D eigenvalue weighted by Crippen LogP contribution is -2.45. The zero-order valence-electron chi connectivity index (χ0n) is 15.6. The first-order valence-corrected chi connectivity index (χ1v) is 9.72. The number of aromatic nitrogens is 2. The van der Waals surface area contributed by atoms with Crippen LogP contribution in [0.25, 0.3) is 0 Å². The highest BCUT2D eigenvalue weighted by Crippen LogP contribution is 2.51. The quantitative estimate of drug-likeness (QED) is 0.853. The topological polar surface area (TPSA) is 87.6 Å². The van der Waals surface area contributed by atoms with Gasteiger partial charge in [-0.25, -0.2) is 9.97 Å². The average molecular weight is 363 g/mol. The van der Waals surface area contributed by atoms with Gasteiger partial charge < -0.3 is 15.7 Å². The van der Waals surface area contributed by atoms with Crippen LogP contribution in [0.2, 0.25) is 0 Å². The number of anilines is 1. The number of hydrogen-bond acceptors (Lipinski definition) is 6. The predicted octanol–water partition coefficient (Wildman–Crippen LogP) is 2.13. The van der Waals surface area contributed by atoms with Crippen molar-refractivity contribution in [1.29, 1.82) is 0 Å². The molecule has 1 saturated heterocycles. The first-order chi connectivity index (χ1) is 13.1. The molecule has 3 aliphatic rings. The summed E-state index contributed by atoms with van der Waals surface area (Å²) < 4.78 is 0. The second-order valence-corrected chi connectivity index (χ2v) is 8.05. The van der Waals surface area contributed by atoms with E-state index in [4.69, 9.17) is 10.7 Å². The molecule has 27 heavy (non-hydrogen) atoms. The van der Waals surface area contributed by atoms with Crippen molar-refractivity contribution in [1.82, 2.24) is 9.97 Å². The normalized spacial score (nSPS) is 22.7. The minimum atomic E-state index is -0.102. The molecular formula is C21H25N5O. The van der Waals surface area contributed by atoms with Crippen LogP contribution in [-0.2, 0) is 19.6 Å². The fraction of sp³-hybridized carbons (Fsp3) is 0.476. The maximum Gasteiger partial charge on any atom is 0.153 e. The van der Waals surface area contributed by atoms with E-state index in [-0.39, 0.29) is 18.1 Å².